The molecule has 0 amide bonds. The molecule has 1 unspecified atom stereocenters. The van der Waals surface area contributed by atoms with Crippen molar-refractivity contribution in [1.29, 1.82) is 0 Å². The van der Waals surface area contributed by atoms with E-state index in [2.05, 4.69) is 0 Å². The Labute approximate surface area is 105 Å². The first-order chi connectivity index (χ1) is 8.74. The standard InChI is InChI=1S/C14H14O4/c15-8-10-3-1-4-11-12(16)7-14(18-13(10)11)5-2-6-17-9-14/h1,3-4,8H,2,5-7,9H2. The molecule has 0 saturated carbocycles. The average Bonchev–Trinajstić information content (AvgIpc) is 2.39. The van der Waals surface area contributed by atoms with Gasteiger partial charge >= 0.3 is 0 Å². The number of ether oxygens (including phenoxy) is 2. The van der Waals surface area contributed by atoms with Gasteiger partial charge in [-0.2, -0.15) is 0 Å². The Morgan fingerprint density at radius 3 is 2.94 bits per heavy atom. The molecule has 1 fully saturated rings. The molecule has 4 nitrogen and oxygen atoms in total. The monoisotopic (exact) mass is 246 g/mol. The number of para-hydroxylation sites is 1. The molecule has 1 saturated heterocycles. The van der Waals surface area contributed by atoms with Gasteiger partial charge in [0.1, 0.15) is 11.4 Å². The molecule has 1 aromatic rings. The lowest BCUT2D eigenvalue weighted by molar-refractivity contribution is -0.0717. The zero-order valence-corrected chi connectivity index (χ0v) is 9.98. The number of benzene rings is 1. The number of carbonyl (C=O) groups is 2. The molecule has 0 bridgehead atoms. The molecule has 1 spiro atoms. The molecule has 2 aliphatic rings. The predicted molar refractivity (Wildman–Crippen MR) is 64.2 cm³/mol. The first-order valence-electron chi connectivity index (χ1n) is 6.12. The number of rotatable bonds is 1. The van der Waals surface area contributed by atoms with Crippen LogP contribution in [0.4, 0.5) is 0 Å². The summed E-state index contributed by atoms with van der Waals surface area (Å²) in [7, 11) is 0. The van der Waals surface area contributed by atoms with Gasteiger partial charge in [0.2, 0.25) is 0 Å². The molecule has 1 aromatic carbocycles. The topological polar surface area (TPSA) is 52.6 Å². The third-order valence-electron chi connectivity index (χ3n) is 3.56. The van der Waals surface area contributed by atoms with Crippen molar-refractivity contribution < 1.29 is 19.1 Å². The Hall–Kier alpha value is -1.68. The molecule has 94 valence electrons. The fourth-order valence-electron chi connectivity index (χ4n) is 2.67. The largest absolute Gasteiger partial charge is 0.483 e. The number of Topliss-reactive ketones (excluding diaryl/α,β-unsaturated/α-hetero) is 1. The lowest BCUT2D eigenvalue weighted by Crippen LogP contribution is -2.48. The Morgan fingerprint density at radius 1 is 1.33 bits per heavy atom. The highest BCUT2D eigenvalue weighted by Gasteiger charge is 2.42. The third-order valence-corrected chi connectivity index (χ3v) is 3.56. The van der Waals surface area contributed by atoms with Gasteiger partial charge in [-0.05, 0) is 25.0 Å². The van der Waals surface area contributed by atoms with Gasteiger partial charge in [0.05, 0.1) is 24.2 Å². The van der Waals surface area contributed by atoms with Crippen molar-refractivity contribution >= 4 is 12.1 Å². The second kappa shape index (κ2) is 4.21. The zero-order chi connectivity index (χ0) is 12.6. The van der Waals surface area contributed by atoms with Crippen LogP contribution < -0.4 is 4.74 Å². The molecule has 0 N–H and O–H groups in total. The molecule has 2 heterocycles. The highest BCUT2D eigenvalue weighted by Crippen LogP contribution is 2.39. The highest BCUT2D eigenvalue weighted by atomic mass is 16.5. The van der Waals surface area contributed by atoms with E-state index in [0.29, 0.717) is 36.5 Å². The molecule has 0 aliphatic carbocycles. The van der Waals surface area contributed by atoms with Crippen LogP contribution in [-0.4, -0.2) is 30.9 Å². The first kappa shape index (κ1) is 11.4. The van der Waals surface area contributed by atoms with E-state index in [9.17, 15) is 9.59 Å². The van der Waals surface area contributed by atoms with E-state index in [1.807, 2.05) is 0 Å². The van der Waals surface area contributed by atoms with Gasteiger partial charge in [0, 0.05) is 6.61 Å². The van der Waals surface area contributed by atoms with Crippen LogP contribution >= 0.6 is 0 Å². The summed E-state index contributed by atoms with van der Waals surface area (Å²) in [5.41, 5.74) is 0.378. The van der Waals surface area contributed by atoms with Crippen LogP contribution in [0.15, 0.2) is 18.2 Å². The molecule has 1 atom stereocenters. The van der Waals surface area contributed by atoms with E-state index >= 15 is 0 Å². The quantitative estimate of drug-likeness (QED) is 0.711. The lowest BCUT2D eigenvalue weighted by Gasteiger charge is -2.40. The second-order valence-corrected chi connectivity index (χ2v) is 4.88. The molecule has 0 aromatic heterocycles. The number of hydrogen-bond acceptors (Lipinski definition) is 4. The maximum Gasteiger partial charge on any atom is 0.170 e. The number of fused-ring (bicyclic) bond motifs is 1. The summed E-state index contributed by atoms with van der Waals surface area (Å²) in [4.78, 5) is 23.2. The van der Waals surface area contributed by atoms with Gasteiger partial charge in [-0.15, -0.1) is 0 Å². The normalized spacial score (nSPS) is 26.6. The number of ketones is 1. The molecule has 2 aliphatic heterocycles. The van der Waals surface area contributed by atoms with Crippen molar-refractivity contribution in [3.05, 3.63) is 29.3 Å². The minimum Gasteiger partial charge on any atom is -0.483 e. The highest BCUT2D eigenvalue weighted by molar-refractivity contribution is 6.02. The number of aldehydes is 1. The number of carbonyl (C=O) groups excluding carboxylic acids is 2. The van der Waals surface area contributed by atoms with Gasteiger partial charge in [-0.1, -0.05) is 6.07 Å². The SMILES string of the molecule is O=Cc1cccc2c1OC1(CCCOC1)CC2=O. The van der Waals surface area contributed by atoms with Crippen LogP contribution in [0, 0.1) is 0 Å². The predicted octanol–water partition coefficient (Wildman–Crippen LogP) is 2.01. The summed E-state index contributed by atoms with van der Waals surface area (Å²) >= 11 is 0. The van der Waals surface area contributed by atoms with Gasteiger partial charge in [0.25, 0.3) is 0 Å². The average molecular weight is 246 g/mol. The van der Waals surface area contributed by atoms with E-state index in [0.717, 1.165) is 19.1 Å². The molecular weight excluding hydrogens is 232 g/mol. The number of hydrogen-bond donors (Lipinski definition) is 0. The van der Waals surface area contributed by atoms with Crippen molar-refractivity contribution in [3.63, 3.8) is 0 Å². The Balaban J connectivity index is 2.04. The maximum absolute atomic E-state index is 12.2. The molecule has 4 heteroatoms. The van der Waals surface area contributed by atoms with Crippen LogP contribution in [0.3, 0.4) is 0 Å². The first-order valence-corrected chi connectivity index (χ1v) is 6.12. The lowest BCUT2D eigenvalue weighted by atomic mass is 9.85. The Morgan fingerprint density at radius 2 is 2.22 bits per heavy atom. The molecule has 18 heavy (non-hydrogen) atoms. The van der Waals surface area contributed by atoms with Crippen molar-refractivity contribution in [2.24, 2.45) is 0 Å². The molecule has 3 rings (SSSR count). The van der Waals surface area contributed by atoms with Crippen molar-refractivity contribution in [1.82, 2.24) is 0 Å². The summed E-state index contributed by atoms with van der Waals surface area (Å²) in [5.74, 6) is 0.458. The van der Waals surface area contributed by atoms with Crippen molar-refractivity contribution in [3.8, 4) is 5.75 Å². The van der Waals surface area contributed by atoms with E-state index in [1.54, 1.807) is 18.2 Å². The fourth-order valence-corrected chi connectivity index (χ4v) is 2.67. The summed E-state index contributed by atoms with van der Waals surface area (Å²) in [6.45, 7) is 1.13. The van der Waals surface area contributed by atoms with Crippen LogP contribution in [0.1, 0.15) is 40.0 Å². The maximum atomic E-state index is 12.2. The smallest absolute Gasteiger partial charge is 0.170 e. The summed E-state index contributed by atoms with van der Waals surface area (Å²) < 4.78 is 11.4. The van der Waals surface area contributed by atoms with Crippen LogP contribution in [0.2, 0.25) is 0 Å². The van der Waals surface area contributed by atoms with Crippen molar-refractivity contribution in [2.45, 2.75) is 24.9 Å². The Kier molecular flexibility index (Phi) is 2.67. The van der Waals surface area contributed by atoms with Gasteiger partial charge in [-0.3, -0.25) is 9.59 Å². The van der Waals surface area contributed by atoms with E-state index < -0.39 is 5.60 Å². The van der Waals surface area contributed by atoms with Crippen molar-refractivity contribution in [2.75, 3.05) is 13.2 Å². The third kappa shape index (κ3) is 1.73. The minimum absolute atomic E-state index is 0.0328. The molecule has 0 radical (unpaired) electrons. The van der Waals surface area contributed by atoms with Gasteiger partial charge < -0.3 is 9.47 Å². The zero-order valence-electron chi connectivity index (χ0n) is 9.98. The summed E-state index contributed by atoms with van der Waals surface area (Å²) in [6.07, 6.45) is 2.74. The second-order valence-electron chi connectivity index (χ2n) is 4.88. The fraction of sp³-hybridized carbons (Fsp3) is 0.429. The minimum atomic E-state index is -0.568. The summed E-state index contributed by atoms with van der Waals surface area (Å²) in [6, 6.07) is 5.09. The van der Waals surface area contributed by atoms with Gasteiger partial charge in [-0.25, -0.2) is 0 Å². The Bertz CT molecular complexity index is 501. The van der Waals surface area contributed by atoms with E-state index in [1.165, 1.54) is 0 Å². The van der Waals surface area contributed by atoms with Crippen LogP contribution in [-0.2, 0) is 4.74 Å². The van der Waals surface area contributed by atoms with E-state index in [-0.39, 0.29) is 5.78 Å². The summed E-state index contributed by atoms with van der Waals surface area (Å²) in [5, 5.41) is 0. The molecular formula is C14H14O4. The van der Waals surface area contributed by atoms with Crippen LogP contribution in [0.25, 0.3) is 0 Å². The van der Waals surface area contributed by atoms with E-state index in [4.69, 9.17) is 9.47 Å². The van der Waals surface area contributed by atoms with Gasteiger partial charge in [0.15, 0.2) is 12.1 Å². The van der Waals surface area contributed by atoms with Crippen LogP contribution in [0.5, 0.6) is 5.75 Å².